The summed E-state index contributed by atoms with van der Waals surface area (Å²) in [6.07, 6.45) is 0.405. The highest BCUT2D eigenvalue weighted by Gasteiger charge is 2.21. The number of aliphatic imine (C=N–C) groups is 1. The second-order valence-corrected chi connectivity index (χ2v) is 5.42. The first-order valence-electron chi connectivity index (χ1n) is 6.29. The SMILES string of the molecule is O=C1CCN=C(c2ccccc2Cl)c2cc(Cl)ccc21. The Hall–Kier alpha value is -1.64. The van der Waals surface area contributed by atoms with Crippen LogP contribution in [-0.4, -0.2) is 18.0 Å². The molecule has 2 aromatic rings. The second-order valence-electron chi connectivity index (χ2n) is 4.57. The summed E-state index contributed by atoms with van der Waals surface area (Å²) in [5.41, 5.74) is 2.98. The Morgan fingerprint density at radius 3 is 2.55 bits per heavy atom. The van der Waals surface area contributed by atoms with Crippen molar-refractivity contribution >= 4 is 34.7 Å². The van der Waals surface area contributed by atoms with Gasteiger partial charge in [0.2, 0.25) is 0 Å². The zero-order valence-corrected chi connectivity index (χ0v) is 12.1. The fraction of sp³-hybridized carbons (Fsp3) is 0.125. The molecule has 0 aliphatic carbocycles. The van der Waals surface area contributed by atoms with Crippen molar-refractivity contribution in [2.45, 2.75) is 6.42 Å². The summed E-state index contributed by atoms with van der Waals surface area (Å²) >= 11 is 12.3. The number of carbonyl (C=O) groups is 1. The topological polar surface area (TPSA) is 29.4 Å². The van der Waals surface area contributed by atoms with Crippen LogP contribution in [0.5, 0.6) is 0 Å². The molecule has 1 heterocycles. The van der Waals surface area contributed by atoms with E-state index in [1.807, 2.05) is 24.3 Å². The maximum atomic E-state index is 12.1. The van der Waals surface area contributed by atoms with Gasteiger partial charge in [-0.05, 0) is 24.3 Å². The summed E-state index contributed by atoms with van der Waals surface area (Å²) in [5.74, 6) is 0.0856. The van der Waals surface area contributed by atoms with E-state index < -0.39 is 0 Å². The Balaban J connectivity index is 2.25. The van der Waals surface area contributed by atoms with Gasteiger partial charge in [0.1, 0.15) is 0 Å². The van der Waals surface area contributed by atoms with Gasteiger partial charge >= 0.3 is 0 Å². The Bertz CT molecular complexity index is 722. The van der Waals surface area contributed by atoms with Crippen LogP contribution < -0.4 is 0 Å². The second kappa shape index (κ2) is 5.39. The number of hydrogen-bond acceptors (Lipinski definition) is 2. The molecule has 0 saturated carbocycles. The molecular weight excluding hydrogens is 293 g/mol. The minimum atomic E-state index is 0.0856. The Kier molecular flexibility index (Phi) is 3.60. The average Bonchev–Trinajstić information content (AvgIpc) is 2.59. The van der Waals surface area contributed by atoms with Crippen LogP contribution in [0.3, 0.4) is 0 Å². The van der Waals surface area contributed by atoms with Crippen LogP contribution in [0.25, 0.3) is 0 Å². The molecule has 0 aromatic heterocycles. The van der Waals surface area contributed by atoms with Crippen LogP contribution in [0.4, 0.5) is 0 Å². The third-order valence-electron chi connectivity index (χ3n) is 3.27. The average molecular weight is 304 g/mol. The molecule has 0 unspecified atom stereocenters. The number of halogens is 2. The standard InChI is InChI=1S/C16H11Cl2NO/c17-10-5-6-11-13(9-10)16(19-8-7-15(11)20)12-3-1-2-4-14(12)18/h1-6,9H,7-8H2. The molecule has 0 bridgehead atoms. The van der Waals surface area contributed by atoms with Gasteiger partial charge in [0, 0.05) is 39.7 Å². The Morgan fingerprint density at radius 1 is 0.950 bits per heavy atom. The van der Waals surface area contributed by atoms with Gasteiger partial charge in [0.15, 0.2) is 5.78 Å². The van der Waals surface area contributed by atoms with Gasteiger partial charge in [-0.2, -0.15) is 0 Å². The summed E-state index contributed by atoms with van der Waals surface area (Å²) in [6, 6.07) is 12.8. The molecule has 0 N–H and O–H groups in total. The normalized spacial score (nSPS) is 14.5. The Morgan fingerprint density at radius 2 is 1.75 bits per heavy atom. The van der Waals surface area contributed by atoms with E-state index in [0.717, 1.165) is 16.8 Å². The maximum absolute atomic E-state index is 12.1. The first-order chi connectivity index (χ1) is 9.66. The lowest BCUT2D eigenvalue weighted by Crippen LogP contribution is -2.08. The summed E-state index contributed by atoms with van der Waals surface area (Å²) in [4.78, 5) is 16.7. The van der Waals surface area contributed by atoms with Crippen molar-refractivity contribution in [2.75, 3.05) is 6.54 Å². The largest absolute Gasteiger partial charge is 0.294 e. The zero-order valence-electron chi connectivity index (χ0n) is 10.6. The van der Waals surface area contributed by atoms with Crippen LogP contribution in [0.2, 0.25) is 10.0 Å². The summed E-state index contributed by atoms with van der Waals surface area (Å²) < 4.78 is 0. The molecule has 1 aliphatic heterocycles. The number of hydrogen-bond donors (Lipinski definition) is 0. The van der Waals surface area contributed by atoms with Gasteiger partial charge < -0.3 is 0 Å². The lowest BCUT2D eigenvalue weighted by Gasteiger charge is -2.11. The van der Waals surface area contributed by atoms with Crippen molar-refractivity contribution in [3.05, 3.63) is 69.2 Å². The quantitative estimate of drug-likeness (QED) is 0.767. The molecule has 2 nitrogen and oxygen atoms in total. The molecule has 4 heteroatoms. The molecule has 1 aliphatic rings. The molecule has 0 atom stereocenters. The van der Waals surface area contributed by atoms with Crippen molar-refractivity contribution in [1.82, 2.24) is 0 Å². The zero-order chi connectivity index (χ0) is 14.1. The van der Waals surface area contributed by atoms with Gasteiger partial charge in [-0.1, -0.05) is 41.4 Å². The number of benzene rings is 2. The van der Waals surface area contributed by atoms with Crippen molar-refractivity contribution in [3.63, 3.8) is 0 Å². The number of rotatable bonds is 1. The van der Waals surface area contributed by atoms with Crippen LogP contribution in [0, 0.1) is 0 Å². The monoisotopic (exact) mass is 303 g/mol. The highest BCUT2D eigenvalue weighted by atomic mass is 35.5. The number of nitrogens with zero attached hydrogens (tertiary/aromatic N) is 1. The molecule has 0 amide bonds. The van der Waals surface area contributed by atoms with Crippen LogP contribution in [0.15, 0.2) is 47.5 Å². The summed E-state index contributed by atoms with van der Waals surface area (Å²) in [5, 5.41) is 1.20. The third-order valence-corrected chi connectivity index (χ3v) is 3.84. The van der Waals surface area contributed by atoms with E-state index in [0.29, 0.717) is 28.6 Å². The van der Waals surface area contributed by atoms with E-state index in [2.05, 4.69) is 4.99 Å². The van der Waals surface area contributed by atoms with Crippen LogP contribution >= 0.6 is 23.2 Å². The molecule has 0 saturated heterocycles. The summed E-state index contributed by atoms with van der Waals surface area (Å²) in [7, 11) is 0. The first kappa shape index (κ1) is 13.3. The van der Waals surface area contributed by atoms with Gasteiger partial charge in [-0.25, -0.2) is 0 Å². The molecule has 3 rings (SSSR count). The number of fused-ring (bicyclic) bond motifs is 1. The van der Waals surface area contributed by atoms with Gasteiger partial charge in [0.25, 0.3) is 0 Å². The molecule has 100 valence electrons. The number of ketones is 1. The van der Waals surface area contributed by atoms with Crippen molar-refractivity contribution < 1.29 is 4.79 Å². The fourth-order valence-electron chi connectivity index (χ4n) is 2.33. The molecule has 0 spiro atoms. The Labute approximate surface area is 127 Å². The predicted octanol–water partition coefficient (Wildman–Crippen LogP) is 4.42. The maximum Gasteiger partial charge on any atom is 0.165 e. The molecule has 0 fully saturated rings. The lowest BCUT2D eigenvalue weighted by molar-refractivity contribution is 0.0986. The molecule has 20 heavy (non-hydrogen) atoms. The van der Waals surface area contributed by atoms with Crippen molar-refractivity contribution in [2.24, 2.45) is 4.99 Å². The number of Topliss-reactive ketones (excluding diaryl/α,β-unsaturated/α-hetero) is 1. The highest BCUT2D eigenvalue weighted by Crippen LogP contribution is 2.26. The van der Waals surface area contributed by atoms with Gasteiger partial charge in [-0.15, -0.1) is 0 Å². The van der Waals surface area contributed by atoms with E-state index in [1.165, 1.54) is 0 Å². The van der Waals surface area contributed by atoms with Crippen LogP contribution in [0.1, 0.15) is 27.9 Å². The van der Waals surface area contributed by atoms with Crippen molar-refractivity contribution in [1.29, 1.82) is 0 Å². The molecule has 2 aromatic carbocycles. The highest BCUT2D eigenvalue weighted by molar-refractivity contribution is 6.36. The van der Waals surface area contributed by atoms with Gasteiger partial charge in [0.05, 0.1) is 5.71 Å². The third kappa shape index (κ3) is 2.37. The smallest absolute Gasteiger partial charge is 0.165 e. The van der Waals surface area contributed by atoms with E-state index in [-0.39, 0.29) is 5.78 Å². The molecular formula is C16H11Cl2NO. The minimum absolute atomic E-state index is 0.0856. The fourth-order valence-corrected chi connectivity index (χ4v) is 2.73. The summed E-state index contributed by atoms with van der Waals surface area (Å²) in [6.45, 7) is 0.464. The van der Waals surface area contributed by atoms with E-state index in [1.54, 1.807) is 18.2 Å². The molecule has 0 radical (unpaired) electrons. The van der Waals surface area contributed by atoms with Crippen molar-refractivity contribution in [3.8, 4) is 0 Å². The van der Waals surface area contributed by atoms with E-state index in [4.69, 9.17) is 23.2 Å². The van der Waals surface area contributed by atoms with Gasteiger partial charge in [-0.3, -0.25) is 9.79 Å². The van der Waals surface area contributed by atoms with E-state index in [9.17, 15) is 4.79 Å². The van der Waals surface area contributed by atoms with Crippen LogP contribution in [-0.2, 0) is 0 Å². The minimum Gasteiger partial charge on any atom is -0.294 e. The number of carbonyl (C=O) groups excluding carboxylic acids is 1. The lowest BCUT2D eigenvalue weighted by atomic mass is 9.95. The predicted molar refractivity (Wildman–Crippen MR) is 82.4 cm³/mol. The first-order valence-corrected chi connectivity index (χ1v) is 7.05. The van der Waals surface area contributed by atoms with E-state index >= 15 is 0 Å².